The van der Waals surface area contributed by atoms with E-state index in [1.807, 2.05) is 0 Å². The number of carbonyl (C=O) groups excluding carboxylic acids is 1. The molecule has 0 unspecified atom stereocenters. The standard InChI is InChI=1S/C13H8F2O2/c14-8-5-6-12(16)10(7-8)13(17)9-3-1-2-4-11(9)15/h1-7,16H. The Labute approximate surface area is 96.1 Å². The van der Waals surface area contributed by atoms with Gasteiger partial charge in [-0.25, -0.2) is 8.78 Å². The highest BCUT2D eigenvalue weighted by atomic mass is 19.1. The van der Waals surface area contributed by atoms with Crippen LogP contribution in [0.25, 0.3) is 0 Å². The lowest BCUT2D eigenvalue weighted by Crippen LogP contribution is -2.04. The van der Waals surface area contributed by atoms with Crippen molar-refractivity contribution in [2.75, 3.05) is 0 Å². The monoisotopic (exact) mass is 234 g/mol. The molecule has 4 heteroatoms. The van der Waals surface area contributed by atoms with Gasteiger partial charge in [0.05, 0.1) is 11.1 Å². The second kappa shape index (κ2) is 4.33. The van der Waals surface area contributed by atoms with Crippen molar-refractivity contribution < 1.29 is 18.7 Å². The Balaban J connectivity index is 2.51. The van der Waals surface area contributed by atoms with Crippen LogP contribution in [-0.4, -0.2) is 10.9 Å². The van der Waals surface area contributed by atoms with Gasteiger partial charge in [0.2, 0.25) is 0 Å². The molecule has 0 radical (unpaired) electrons. The number of phenolic OH excluding ortho intramolecular Hbond substituents is 1. The van der Waals surface area contributed by atoms with E-state index in [-0.39, 0.29) is 16.9 Å². The molecule has 2 nitrogen and oxygen atoms in total. The largest absolute Gasteiger partial charge is 0.507 e. The predicted molar refractivity (Wildman–Crippen MR) is 57.9 cm³/mol. The van der Waals surface area contributed by atoms with Gasteiger partial charge in [0.1, 0.15) is 17.4 Å². The van der Waals surface area contributed by atoms with Gasteiger partial charge in [-0.3, -0.25) is 4.79 Å². The summed E-state index contributed by atoms with van der Waals surface area (Å²) < 4.78 is 26.3. The summed E-state index contributed by atoms with van der Waals surface area (Å²) in [6, 6.07) is 8.30. The number of ketones is 1. The molecule has 86 valence electrons. The van der Waals surface area contributed by atoms with Crippen molar-refractivity contribution in [3.05, 3.63) is 65.2 Å². The van der Waals surface area contributed by atoms with Crippen LogP contribution in [0.5, 0.6) is 5.75 Å². The molecule has 0 aliphatic heterocycles. The molecule has 0 aliphatic carbocycles. The maximum Gasteiger partial charge on any atom is 0.199 e. The maximum atomic E-state index is 13.4. The van der Waals surface area contributed by atoms with Crippen LogP contribution in [0, 0.1) is 11.6 Å². The van der Waals surface area contributed by atoms with E-state index in [0.29, 0.717) is 0 Å². The molecule has 0 heterocycles. The van der Waals surface area contributed by atoms with Gasteiger partial charge in [0.25, 0.3) is 0 Å². The fourth-order valence-corrected chi connectivity index (χ4v) is 1.48. The molecule has 1 N–H and O–H groups in total. The van der Waals surface area contributed by atoms with Crippen LogP contribution >= 0.6 is 0 Å². The van der Waals surface area contributed by atoms with E-state index in [1.54, 1.807) is 0 Å². The van der Waals surface area contributed by atoms with Gasteiger partial charge >= 0.3 is 0 Å². The Bertz CT molecular complexity index is 579. The van der Waals surface area contributed by atoms with Crippen molar-refractivity contribution >= 4 is 5.78 Å². The second-order valence-corrected chi connectivity index (χ2v) is 3.47. The number of halogens is 2. The van der Waals surface area contributed by atoms with Crippen molar-refractivity contribution in [2.45, 2.75) is 0 Å². The summed E-state index contributed by atoms with van der Waals surface area (Å²) in [5.74, 6) is -2.50. The third-order valence-electron chi connectivity index (χ3n) is 2.32. The first-order valence-electron chi connectivity index (χ1n) is 4.87. The summed E-state index contributed by atoms with van der Waals surface area (Å²) in [6.07, 6.45) is 0. The van der Waals surface area contributed by atoms with Gasteiger partial charge in [-0.05, 0) is 30.3 Å². The number of benzene rings is 2. The van der Waals surface area contributed by atoms with Crippen LogP contribution in [0.3, 0.4) is 0 Å². The van der Waals surface area contributed by atoms with Crippen LogP contribution < -0.4 is 0 Å². The first-order valence-corrected chi connectivity index (χ1v) is 4.87. The molecule has 0 bridgehead atoms. The van der Waals surface area contributed by atoms with Gasteiger partial charge in [-0.2, -0.15) is 0 Å². The van der Waals surface area contributed by atoms with E-state index in [1.165, 1.54) is 18.2 Å². The summed E-state index contributed by atoms with van der Waals surface area (Å²) in [7, 11) is 0. The highest BCUT2D eigenvalue weighted by Crippen LogP contribution is 2.22. The molecule has 0 amide bonds. The SMILES string of the molecule is O=C(c1cc(F)ccc1O)c1ccccc1F. The highest BCUT2D eigenvalue weighted by Gasteiger charge is 2.17. The van der Waals surface area contributed by atoms with Crippen LogP contribution in [0.15, 0.2) is 42.5 Å². The normalized spacial score (nSPS) is 10.2. The van der Waals surface area contributed by atoms with Crippen molar-refractivity contribution in [3.8, 4) is 5.75 Å². The summed E-state index contributed by atoms with van der Waals surface area (Å²) in [5, 5.41) is 9.45. The Morgan fingerprint density at radius 3 is 2.41 bits per heavy atom. The van der Waals surface area contributed by atoms with Crippen LogP contribution in [0.1, 0.15) is 15.9 Å². The quantitative estimate of drug-likeness (QED) is 0.811. The van der Waals surface area contributed by atoms with Crippen LogP contribution in [-0.2, 0) is 0 Å². The minimum Gasteiger partial charge on any atom is -0.507 e. The molecule has 0 aliphatic rings. The molecule has 0 spiro atoms. The minimum absolute atomic E-state index is 0.201. The van der Waals surface area contributed by atoms with Crippen molar-refractivity contribution in [1.29, 1.82) is 0 Å². The van der Waals surface area contributed by atoms with Crippen molar-refractivity contribution in [3.63, 3.8) is 0 Å². The topological polar surface area (TPSA) is 37.3 Å². The summed E-state index contributed by atoms with van der Waals surface area (Å²) in [4.78, 5) is 11.9. The summed E-state index contributed by atoms with van der Waals surface area (Å²) >= 11 is 0. The smallest absolute Gasteiger partial charge is 0.199 e. The van der Waals surface area contributed by atoms with Crippen molar-refractivity contribution in [2.24, 2.45) is 0 Å². The maximum absolute atomic E-state index is 13.4. The molecule has 0 atom stereocenters. The van der Waals surface area contributed by atoms with Gasteiger partial charge in [-0.1, -0.05) is 12.1 Å². The van der Waals surface area contributed by atoms with Gasteiger partial charge < -0.3 is 5.11 Å². The lowest BCUT2D eigenvalue weighted by atomic mass is 10.0. The van der Waals surface area contributed by atoms with E-state index in [4.69, 9.17) is 0 Å². The number of aromatic hydroxyl groups is 1. The highest BCUT2D eigenvalue weighted by molar-refractivity contribution is 6.10. The molecular weight excluding hydrogens is 226 g/mol. The number of phenols is 1. The second-order valence-electron chi connectivity index (χ2n) is 3.47. The van der Waals surface area contributed by atoms with Gasteiger partial charge in [-0.15, -0.1) is 0 Å². The molecule has 2 aromatic carbocycles. The zero-order valence-electron chi connectivity index (χ0n) is 8.65. The third-order valence-corrected chi connectivity index (χ3v) is 2.32. The number of carbonyl (C=O) groups is 1. The average Bonchev–Trinajstić information content (AvgIpc) is 2.32. The Hall–Kier alpha value is -2.23. The predicted octanol–water partition coefficient (Wildman–Crippen LogP) is 2.90. The van der Waals surface area contributed by atoms with Crippen LogP contribution in [0.4, 0.5) is 8.78 Å². The average molecular weight is 234 g/mol. The van der Waals surface area contributed by atoms with E-state index >= 15 is 0 Å². The Morgan fingerprint density at radius 2 is 1.71 bits per heavy atom. The van der Waals surface area contributed by atoms with E-state index in [0.717, 1.165) is 24.3 Å². The fraction of sp³-hybridized carbons (Fsp3) is 0. The summed E-state index contributed by atoms with van der Waals surface area (Å²) in [6.45, 7) is 0. The molecule has 0 fully saturated rings. The first kappa shape index (κ1) is 11.3. The molecule has 0 saturated carbocycles. The molecule has 2 aromatic rings. The molecule has 2 rings (SSSR count). The molecule has 0 aromatic heterocycles. The minimum atomic E-state index is -0.750. The number of rotatable bonds is 2. The fourth-order valence-electron chi connectivity index (χ4n) is 1.48. The number of hydrogen-bond donors (Lipinski definition) is 1. The molecule has 0 saturated heterocycles. The Kier molecular flexibility index (Phi) is 2.87. The van der Waals surface area contributed by atoms with Gasteiger partial charge in [0.15, 0.2) is 5.78 Å². The lowest BCUT2D eigenvalue weighted by molar-refractivity contribution is 0.103. The zero-order chi connectivity index (χ0) is 12.4. The van der Waals surface area contributed by atoms with E-state index in [9.17, 15) is 18.7 Å². The first-order chi connectivity index (χ1) is 8.09. The lowest BCUT2D eigenvalue weighted by Gasteiger charge is -2.04. The van der Waals surface area contributed by atoms with Gasteiger partial charge in [0, 0.05) is 0 Å². The third kappa shape index (κ3) is 2.15. The van der Waals surface area contributed by atoms with E-state index in [2.05, 4.69) is 0 Å². The molecule has 17 heavy (non-hydrogen) atoms. The Morgan fingerprint density at radius 1 is 1.00 bits per heavy atom. The van der Waals surface area contributed by atoms with Crippen LogP contribution in [0.2, 0.25) is 0 Å². The number of hydrogen-bond acceptors (Lipinski definition) is 2. The zero-order valence-corrected chi connectivity index (χ0v) is 8.65. The molecular formula is C13H8F2O2. The van der Waals surface area contributed by atoms with Crippen molar-refractivity contribution in [1.82, 2.24) is 0 Å². The van der Waals surface area contributed by atoms with E-state index < -0.39 is 17.4 Å². The summed E-state index contributed by atoms with van der Waals surface area (Å²) in [5.41, 5.74) is -0.455.